The van der Waals surface area contributed by atoms with Crippen molar-refractivity contribution in [2.45, 2.75) is 83.2 Å². The monoisotopic (exact) mass is 374 g/mol. The van der Waals surface area contributed by atoms with Gasteiger partial charge in [0.15, 0.2) is 6.29 Å². The van der Waals surface area contributed by atoms with E-state index in [9.17, 15) is 0 Å². The standard InChI is InChI=1S/C23H38O2Si/c1-4-5-14-21(26(2,3)22-15-8-6-9-16-22)17-10-7-12-19-24-23-18-11-13-20-25-23/h6,8-10,15-17,21,23H,4-5,7,11-14,18-20H2,1-3H3/b17-10+. The molecule has 0 saturated carbocycles. The zero-order valence-corrected chi connectivity index (χ0v) is 18.1. The van der Waals surface area contributed by atoms with E-state index in [2.05, 4.69) is 62.5 Å². The van der Waals surface area contributed by atoms with Crippen LogP contribution in [0.3, 0.4) is 0 Å². The quantitative estimate of drug-likeness (QED) is 0.267. The Labute approximate surface area is 162 Å². The maximum absolute atomic E-state index is 5.84. The maximum Gasteiger partial charge on any atom is 0.157 e. The Morgan fingerprint density at radius 2 is 2.00 bits per heavy atom. The van der Waals surface area contributed by atoms with Crippen molar-refractivity contribution in [3.05, 3.63) is 42.5 Å². The highest BCUT2D eigenvalue weighted by Gasteiger charge is 2.31. The predicted molar refractivity (Wildman–Crippen MR) is 115 cm³/mol. The van der Waals surface area contributed by atoms with Crippen LogP contribution in [0.25, 0.3) is 0 Å². The minimum atomic E-state index is -1.48. The summed E-state index contributed by atoms with van der Waals surface area (Å²) in [5, 5.41) is 1.57. The Morgan fingerprint density at radius 1 is 1.19 bits per heavy atom. The van der Waals surface area contributed by atoms with Gasteiger partial charge in [0.1, 0.15) is 0 Å². The summed E-state index contributed by atoms with van der Waals surface area (Å²) in [6, 6.07) is 11.2. The van der Waals surface area contributed by atoms with Crippen molar-refractivity contribution in [1.82, 2.24) is 0 Å². The third kappa shape index (κ3) is 7.01. The second-order valence-corrected chi connectivity index (χ2v) is 12.8. The molecular formula is C23H38O2Si. The highest BCUT2D eigenvalue weighted by atomic mass is 28.3. The zero-order chi connectivity index (χ0) is 18.7. The lowest BCUT2D eigenvalue weighted by molar-refractivity contribution is -0.162. The molecule has 1 aromatic rings. The molecule has 2 atom stereocenters. The number of benzene rings is 1. The van der Waals surface area contributed by atoms with Gasteiger partial charge in [0.05, 0.1) is 14.7 Å². The number of unbranched alkanes of at least 4 members (excludes halogenated alkanes) is 2. The Morgan fingerprint density at radius 3 is 2.69 bits per heavy atom. The van der Waals surface area contributed by atoms with Gasteiger partial charge in [-0.3, -0.25) is 0 Å². The molecule has 1 aromatic carbocycles. The van der Waals surface area contributed by atoms with Gasteiger partial charge in [-0.25, -0.2) is 0 Å². The van der Waals surface area contributed by atoms with Crippen LogP contribution in [0.2, 0.25) is 18.6 Å². The molecule has 146 valence electrons. The summed E-state index contributed by atoms with van der Waals surface area (Å²) in [6.07, 6.45) is 14.6. The summed E-state index contributed by atoms with van der Waals surface area (Å²) in [5.74, 6) is 0. The fraction of sp³-hybridized carbons (Fsp3) is 0.652. The van der Waals surface area contributed by atoms with Crippen molar-refractivity contribution in [2.24, 2.45) is 0 Å². The topological polar surface area (TPSA) is 18.5 Å². The predicted octanol–water partition coefficient (Wildman–Crippen LogP) is 6.04. The summed E-state index contributed by atoms with van der Waals surface area (Å²) in [4.78, 5) is 0. The van der Waals surface area contributed by atoms with Crippen LogP contribution in [0.4, 0.5) is 0 Å². The molecule has 0 N–H and O–H groups in total. The van der Waals surface area contributed by atoms with E-state index in [4.69, 9.17) is 9.47 Å². The minimum absolute atomic E-state index is 0.0504. The van der Waals surface area contributed by atoms with E-state index in [1.807, 2.05) is 0 Å². The number of hydrogen-bond donors (Lipinski definition) is 0. The molecule has 1 saturated heterocycles. The van der Waals surface area contributed by atoms with Crippen LogP contribution in [0, 0.1) is 0 Å². The molecule has 2 nitrogen and oxygen atoms in total. The van der Waals surface area contributed by atoms with E-state index < -0.39 is 8.07 Å². The molecular weight excluding hydrogens is 336 g/mol. The smallest absolute Gasteiger partial charge is 0.157 e. The third-order valence-electron chi connectivity index (χ3n) is 5.64. The fourth-order valence-electron chi connectivity index (χ4n) is 3.72. The summed E-state index contributed by atoms with van der Waals surface area (Å²) < 4.78 is 11.5. The maximum atomic E-state index is 5.84. The summed E-state index contributed by atoms with van der Waals surface area (Å²) >= 11 is 0. The molecule has 0 spiro atoms. The van der Waals surface area contributed by atoms with Crippen LogP contribution < -0.4 is 5.19 Å². The average molecular weight is 375 g/mol. The molecule has 1 fully saturated rings. The van der Waals surface area contributed by atoms with Crippen LogP contribution in [-0.4, -0.2) is 27.6 Å². The lowest BCUT2D eigenvalue weighted by Gasteiger charge is -2.31. The first kappa shape index (κ1) is 21.4. The van der Waals surface area contributed by atoms with Gasteiger partial charge < -0.3 is 9.47 Å². The minimum Gasteiger partial charge on any atom is -0.353 e. The van der Waals surface area contributed by atoms with Crippen LogP contribution >= 0.6 is 0 Å². The van der Waals surface area contributed by atoms with Gasteiger partial charge in [-0.1, -0.05) is 80.5 Å². The number of hydrogen-bond acceptors (Lipinski definition) is 2. The van der Waals surface area contributed by atoms with Crippen molar-refractivity contribution in [3.8, 4) is 0 Å². The molecule has 2 rings (SSSR count). The number of allylic oxidation sites excluding steroid dienone is 2. The van der Waals surface area contributed by atoms with Crippen molar-refractivity contribution >= 4 is 13.3 Å². The van der Waals surface area contributed by atoms with Gasteiger partial charge in [0, 0.05) is 6.61 Å². The van der Waals surface area contributed by atoms with E-state index in [1.165, 1.54) is 32.1 Å². The van der Waals surface area contributed by atoms with Gasteiger partial charge in [-0.2, -0.15) is 0 Å². The fourth-order valence-corrected chi connectivity index (χ4v) is 6.75. The largest absolute Gasteiger partial charge is 0.353 e. The molecule has 0 bridgehead atoms. The molecule has 1 heterocycles. The zero-order valence-electron chi connectivity index (χ0n) is 17.1. The van der Waals surface area contributed by atoms with Crippen molar-refractivity contribution < 1.29 is 9.47 Å². The van der Waals surface area contributed by atoms with Crippen LogP contribution in [-0.2, 0) is 9.47 Å². The van der Waals surface area contributed by atoms with E-state index in [1.54, 1.807) is 5.19 Å². The van der Waals surface area contributed by atoms with Gasteiger partial charge >= 0.3 is 0 Å². The molecule has 0 radical (unpaired) electrons. The molecule has 1 aliphatic heterocycles. The SMILES string of the molecule is CCCCC(/C=C/CCCOC1CCCCO1)[Si](C)(C)c1ccccc1. The van der Waals surface area contributed by atoms with Crippen LogP contribution in [0.5, 0.6) is 0 Å². The highest BCUT2D eigenvalue weighted by molar-refractivity contribution is 6.91. The Hall–Kier alpha value is -0.903. The van der Waals surface area contributed by atoms with Crippen molar-refractivity contribution in [3.63, 3.8) is 0 Å². The van der Waals surface area contributed by atoms with E-state index in [0.29, 0.717) is 5.54 Å². The average Bonchev–Trinajstić information content (AvgIpc) is 2.68. The van der Waals surface area contributed by atoms with Crippen LogP contribution in [0.1, 0.15) is 58.3 Å². The summed E-state index contributed by atoms with van der Waals surface area (Å²) in [7, 11) is -1.48. The molecule has 2 unspecified atom stereocenters. The summed E-state index contributed by atoms with van der Waals surface area (Å²) in [5.41, 5.74) is 0.715. The molecule has 0 amide bonds. The van der Waals surface area contributed by atoms with Crippen LogP contribution in [0.15, 0.2) is 42.5 Å². The van der Waals surface area contributed by atoms with Gasteiger partial charge in [-0.05, 0) is 44.1 Å². The van der Waals surface area contributed by atoms with E-state index >= 15 is 0 Å². The van der Waals surface area contributed by atoms with Crippen molar-refractivity contribution in [1.29, 1.82) is 0 Å². The van der Waals surface area contributed by atoms with Crippen molar-refractivity contribution in [2.75, 3.05) is 13.2 Å². The highest BCUT2D eigenvalue weighted by Crippen LogP contribution is 2.29. The molecule has 0 aliphatic carbocycles. The first-order valence-electron chi connectivity index (χ1n) is 10.6. The van der Waals surface area contributed by atoms with Gasteiger partial charge in [0.25, 0.3) is 0 Å². The number of ether oxygens (including phenoxy) is 2. The molecule has 1 aliphatic rings. The van der Waals surface area contributed by atoms with Gasteiger partial charge in [0.2, 0.25) is 0 Å². The van der Waals surface area contributed by atoms with E-state index in [-0.39, 0.29) is 6.29 Å². The molecule has 0 aromatic heterocycles. The number of rotatable bonds is 11. The molecule has 3 heteroatoms. The lowest BCUT2D eigenvalue weighted by atomic mass is 10.1. The third-order valence-corrected chi connectivity index (χ3v) is 9.80. The van der Waals surface area contributed by atoms with Gasteiger partial charge in [-0.15, -0.1) is 0 Å². The lowest BCUT2D eigenvalue weighted by Crippen LogP contribution is -2.45. The second-order valence-electron chi connectivity index (χ2n) is 8.07. The first-order chi connectivity index (χ1) is 12.6. The summed E-state index contributed by atoms with van der Waals surface area (Å²) in [6.45, 7) is 9.02. The first-order valence-corrected chi connectivity index (χ1v) is 13.7. The Balaban J connectivity index is 1.81. The second kappa shape index (κ2) is 11.7. The Bertz CT molecular complexity index is 506. The van der Waals surface area contributed by atoms with E-state index in [0.717, 1.165) is 32.5 Å². The normalized spacial score (nSPS) is 19.7. The molecule has 26 heavy (non-hydrogen) atoms. The Kier molecular flexibility index (Phi) is 9.66.